The van der Waals surface area contributed by atoms with E-state index in [2.05, 4.69) is 10.6 Å². The number of aliphatic hydroxyl groups is 1. The summed E-state index contributed by atoms with van der Waals surface area (Å²) in [6.45, 7) is 3.95. The lowest BCUT2D eigenvalue weighted by atomic mass is 9.94. The van der Waals surface area contributed by atoms with Crippen LogP contribution in [0.15, 0.2) is 60.7 Å². The number of amides is 2. The van der Waals surface area contributed by atoms with Gasteiger partial charge in [-0.15, -0.1) is 0 Å². The van der Waals surface area contributed by atoms with Gasteiger partial charge in [0.2, 0.25) is 0 Å². The van der Waals surface area contributed by atoms with E-state index in [-0.39, 0.29) is 18.4 Å². The fourth-order valence-electron chi connectivity index (χ4n) is 3.45. The second kappa shape index (κ2) is 9.56. The molecular formula is C23H24N2O4S. The van der Waals surface area contributed by atoms with Crippen molar-refractivity contribution in [2.24, 2.45) is 0 Å². The SMILES string of the molecule is Cc1cc(NC(=O)Nc2ccc(C[SH](=O)=O)cc2)cc(C)c1-c1cccc(CO)c1. The summed E-state index contributed by atoms with van der Waals surface area (Å²) in [4.78, 5) is 12.4. The molecule has 0 spiro atoms. The van der Waals surface area contributed by atoms with Crippen LogP contribution >= 0.6 is 0 Å². The first-order chi connectivity index (χ1) is 14.4. The number of aryl methyl sites for hydroxylation is 2. The Morgan fingerprint density at radius 1 is 0.867 bits per heavy atom. The van der Waals surface area contributed by atoms with Gasteiger partial charge < -0.3 is 15.7 Å². The van der Waals surface area contributed by atoms with Gasteiger partial charge in [-0.25, -0.2) is 13.2 Å². The first-order valence-electron chi connectivity index (χ1n) is 9.46. The highest BCUT2D eigenvalue weighted by Gasteiger charge is 2.10. The topological polar surface area (TPSA) is 95.5 Å². The van der Waals surface area contributed by atoms with Crippen LogP contribution in [0, 0.1) is 13.8 Å². The van der Waals surface area contributed by atoms with Crippen LogP contribution in [0.25, 0.3) is 11.1 Å². The number of nitrogens with one attached hydrogen (secondary N) is 2. The summed E-state index contributed by atoms with van der Waals surface area (Å²) < 4.78 is 21.6. The Hall–Kier alpha value is -3.16. The Morgan fingerprint density at radius 2 is 1.50 bits per heavy atom. The number of carbonyl (C=O) groups excluding carboxylic acids is 1. The molecule has 0 aromatic heterocycles. The molecule has 156 valence electrons. The molecule has 3 aromatic rings. The summed E-state index contributed by atoms with van der Waals surface area (Å²) >= 11 is 0. The molecule has 0 unspecified atom stereocenters. The van der Waals surface area contributed by atoms with E-state index in [9.17, 15) is 18.3 Å². The summed E-state index contributed by atoms with van der Waals surface area (Å²) in [6, 6.07) is 17.9. The predicted molar refractivity (Wildman–Crippen MR) is 120 cm³/mol. The highest BCUT2D eigenvalue weighted by Crippen LogP contribution is 2.30. The van der Waals surface area contributed by atoms with Crippen LogP contribution in [-0.4, -0.2) is 19.6 Å². The van der Waals surface area contributed by atoms with Gasteiger partial charge in [0.05, 0.1) is 12.4 Å². The van der Waals surface area contributed by atoms with Crippen molar-refractivity contribution in [3.05, 3.63) is 82.9 Å². The summed E-state index contributed by atoms with van der Waals surface area (Å²) in [5, 5.41) is 15.0. The fraction of sp³-hybridized carbons (Fsp3) is 0.174. The molecule has 3 N–H and O–H groups in total. The van der Waals surface area contributed by atoms with Gasteiger partial charge in [0.25, 0.3) is 0 Å². The van der Waals surface area contributed by atoms with Crippen LogP contribution in [0.4, 0.5) is 16.2 Å². The Kier molecular flexibility index (Phi) is 6.87. The second-order valence-corrected chi connectivity index (χ2v) is 8.09. The highest BCUT2D eigenvalue weighted by atomic mass is 32.2. The maximum atomic E-state index is 12.4. The lowest BCUT2D eigenvalue weighted by Gasteiger charge is -2.15. The molecule has 7 heteroatoms. The Bertz CT molecular complexity index is 1110. The highest BCUT2D eigenvalue weighted by molar-refractivity contribution is 7.71. The molecule has 0 heterocycles. The van der Waals surface area contributed by atoms with Crippen LogP contribution < -0.4 is 10.6 Å². The smallest absolute Gasteiger partial charge is 0.323 e. The van der Waals surface area contributed by atoms with Crippen molar-refractivity contribution in [1.29, 1.82) is 0 Å². The number of anilines is 2. The zero-order valence-electron chi connectivity index (χ0n) is 16.8. The minimum Gasteiger partial charge on any atom is -0.392 e. The van der Waals surface area contributed by atoms with Gasteiger partial charge in [-0.3, -0.25) is 0 Å². The average Bonchev–Trinajstić information content (AvgIpc) is 2.68. The number of benzene rings is 3. The van der Waals surface area contributed by atoms with E-state index in [1.54, 1.807) is 24.3 Å². The maximum Gasteiger partial charge on any atom is 0.323 e. The number of rotatable bonds is 6. The summed E-state index contributed by atoms with van der Waals surface area (Å²) in [7, 11) is -2.48. The normalized spacial score (nSPS) is 10.8. The molecule has 0 fully saturated rings. The Balaban J connectivity index is 1.73. The minimum absolute atomic E-state index is 0.0119. The lowest BCUT2D eigenvalue weighted by molar-refractivity contribution is 0.262. The number of thiol groups is 1. The van der Waals surface area contributed by atoms with Crippen LogP contribution in [0.3, 0.4) is 0 Å². The van der Waals surface area contributed by atoms with Crippen molar-refractivity contribution in [1.82, 2.24) is 0 Å². The monoisotopic (exact) mass is 424 g/mol. The molecular weight excluding hydrogens is 400 g/mol. The standard InChI is InChI=1S/C23H24N2O4S/c1-15-10-21(11-16(2)22(15)19-5-3-4-18(12-19)13-26)25-23(27)24-20-8-6-17(7-9-20)14-30(28)29/h3-12,26,30H,13-14H2,1-2H3,(H2,24,25,27). The zero-order valence-corrected chi connectivity index (χ0v) is 17.7. The Labute approximate surface area is 177 Å². The molecule has 0 aliphatic rings. The molecule has 0 saturated carbocycles. The number of aliphatic hydroxyl groups excluding tert-OH is 1. The molecule has 0 atom stereocenters. The van der Waals surface area contributed by atoms with E-state index in [1.807, 2.05) is 50.2 Å². The van der Waals surface area contributed by atoms with Gasteiger partial charge in [0.1, 0.15) is 10.7 Å². The fourth-order valence-corrected chi connectivity index (χ4v) is 3.96. The summed E-state index contributed by atoms with van der Waals surface area (Å²) in [5.41, 5.74) is 6.88. The summed E-state index contributed by atoms with van der Waals surface area (Å²) in [6.07, 6.45) is 0. The molecule has 3 rings (SSSR count). The van der Waals surface area contributed by atoms with Crippen molar-refractivity contribution < 1.29 is 18.3 Å². The van der Waals surface area contributed by atoms with Crippen LogP contribution in [0.5, 0.6) is 0 Å². The number of hydrogen-bond donors (Lipinski definition) is 4. The van der Waals surface area contributed by atoms with E-state index < -0.39 is 10.7 Å². The molecule has 0 bridgehead atoms. The van der Waals surface area contributed by atoms with E-state index in [0.717, 1.165) is 27.8 Å². The molecule has 0 aliphatic carbocycles. The third-order valence-corrected chi connectivity index (χ3v) is 5.34. The largest absolute Gasteiger partial charge is 0.392 e. The quantitative estimate of drug-likeness (QED) is 0.446. The predicted octanol–water partition coefficient (Wildman–Crippen LogP) is 4.22. The first kappa shape index (κ1) is 21.5. The van der Waals surface area contributed by atoms with Crippen LogP contribution in [-0.2, 0) is 23.1 Å². The minimum atomic E-state index is -2.48. The first-order valence-corrected chi connectivity index (χ1v) is 10.8. The Morgan fingerprint density at radius 3 is 2.10 bits per heavy atom. The van der Waals surface area contributed by atoms with Crippen LogP contribution in [0.1, 0.15) is 22.3 Å². The molecule has 30 heavy (non-hydrogen) atoms. The van der Waals surface area contributed by atoms with E-state index in [4.69, 9.17) is 0 Å². The van der Waals surface area contributed by atoms with Crippen molar-refractivity contribution in [3.8, 4) is 11.1 Å². The van der Waals surface area contributed by atoms with Gasteiger partial charge >= 0.3 is 6.03 Å². The number of hydrogen-bond acceptors (Lipinski definition) is 4. The van der Waals surface area contributed by atoms with Crippen molar-refractivity contribution in [3.63, 3.8) is 0 Å². The molecule has 0 saturated heterocycles. The van der Waals surface area contributed by atoms with Crippen molar-refractivity contribution in [2.45, 2.75) is 26.2 Å². The maximum absolute atomic E-state index is 12.4. The van der Waals surface area contributed by atoms with E-state index in [0.29, 0.717) is 16.9 Å². The molecule has 0 radical (unpaired) electrons. The molecule has 2 amide bonds. The van der Waals surface area contributed by atoms with Crippen molar-refractivity contribution in [2.75, 3.05) is 10.6 Å². The molecule has 0 aliphatic heterocycles. The summed E-state index contributed by atoms with van der Waals surface area (Å²) in [5.74, 6) is -0.0199. The van der Waals surface area contributed by atoms with Crippen molar-refractivity contribution >= 4 is 28.1 Å². The number of urea groups is 1. The third-order valence-electron chi connectivity index (χ3n) is 4.71. The lowest BCUT2D eigenvalue weighted by Crippen LogP contribution is -2.19. The van der Waals surface area contributed by atoms with Crippen LogP contribution in [0.2, 0.25) is 0 Å². The van der Waals surface area contributed by atoms with Gasteiger partial charge in [0.15, 0.2) is 0 Å². The van der Waals surface area contributed by atoms with Gasteiger partial charge in [-0.2, -0.15) is 0 Å². The molecule has 6 nitrogen and oxygen atoms in total. The van der Waals surface area contributed by atoms with Gasteiger partial charge in [0, 0.05) is 11.4 Å². The second-order valence-electron chi connectivity index (χ2n) is 7.11. The number of carbonyl (C=O) groups is 1. The van der Waals surface area contributed by atoms with Gasteiger partial charge in [-0.1, -0.05) is 30.3 Å². The zero-order chi connectivity index (χ0) is 21.7. The van der Waals surface area contributed by atoms with E-state index in [1.165, 1.54) is 0 Å². The van der Waals surface area contributed by atoms with Gasteiger partial charge in [-0.05, 0) is 77.6 Å². The molecule has 3 aromatic carbocycles. The van der Waals surface area contributed by atoms with E-state index >= 15 is 0 Å². The average molecular weight is 425 g/mol. The third kappa shape index (κ3) is 5.46.